The molecule has 0 aliphatic rings. The van der Waals surface area contributed by atoms with Crippen molar-refractivity contribution >= 4 is 23.4 Å². The molecular weight excluding hydrogens is 220 g/mol. The van der Waals surface area contributed by atoms with E-state index in [4.69, 9.17) is 21.8 Å². The third-order valence-corrected chi connectivity index (χ3v) is 2.20. The molecule has 0 aromatic carbocycles. The van der Waals surface area contributed by atoms with Crippen LogP contribution in [0.25, 0.3) is 0 Å². The van der Waals surface area contributed by atoms with E-state index in [0.717, 1.165) is 0 Å². The fourth-order valence-corrected chi connectivity index (χ4v) is 1.07. The lowest BCUT2D eigenvalue weighted by Crippen LogP contribution is -2.52. The van der Waals surface area contributed by atoms with Crippen LogP contribution in [0.3, 0.4) is 0 Å². The molecular formula is C9H11ClN2O3. The van der Waals surface area contributed by atoms with Gasteiger partial charge in [-0.15, -0.1) is 0 Å². The van der Waals surface area contributed by atoms with Crippen molar-refractivity contribution in [3.63, 3.8) is 0 Å². The molecule has 2 amide bonds. The van der Waals surface area contributed by atoms with Gasteiger partial charge in [-0.25, -0.2) is 0 Å². The van der Waals surface area contributed by atoms with Crippen molar-refractivity contribution in [2.45, 2.75) is 19.4 Å². The number of carbonyl (C=O) groups is 2. The van der Waals surface area contributed by atoms with Gasteiger partial charge in [0.05, 0.1) is 11.8 Å². The van der Waals surface area contributed by atoms with E-state index in [1.807, 2.05) is 0 Å². The smallest absolute Gasteiger partial charge is 0.256 e. The summed E-state index contributed by atoms with van der Waals surface area (Å²) in [7, 11) is 0. The number of hydrogen-bond donors (Lipinski definition) is 2. The first kappa shape index (κ1) is 11.6. The van der Waals surface area contributed by atoms with E-state index in [1.165, 1.54) is 26.2 Å². The lowest BCUT2D eigenvalue weighted by Gasteiger charge is -2.21. The van der Waals surface area contributed by atoms with Crippen LogP contribution in [0.2, 0.25) is 5.22 Å². The number of nitrogens with two attached hydrogens (primary N) is 1. The van der Waals surface area contributed by atoms with Gasteiger partial charge in [-0.2, -0.15) is 0 Å². The van der Waals surface area contributed by atoms with Gasteiger partial charge < -0.3 is 15.5 Å². The van der Waals surface area contributed by atoms with Crippen LogP contribution in [0.5, 0.6) is 0 Å². The summed E-state index contributed by atoms with van der Waals surface area (Å²) in [6.45, 7) is 3.00. The van der Waals surface area contributed by atoms with Crippen LogP contribution < -0.4 is 11.1 Å². The molecule has 0 bridgehead atoms. The van der Waals surface area contributed by atoms with Crippen LogP contribution in [0.1, 0.15) is 24.2 Å². The molecule has 1 aromatic heterocycles. The van der Waals surface area contributed by atoms with Gasteiger partial charge in [-0.3, -0.25) is 9.59 Å². The average Bonchev–Trinajstić information content (AvgIpc) is 2.50. The van der Waals surface area contributed by atoms with E-state index < -0.39 is 17.4 Å². The highest BCUT2D eigenvalue weighted by Gasteiger charge is 2.28. The Bertz CT molecular complexity index is 398. The van der Waals surface area contributed by atoms with Gasteiger partial charge >= 0.3 is 0 Å². The monoisotopic (exact) mass is 230 g/mol. The summed E-state index contributed by atoms with van der Waals surface area (Å²) in [4.78, 5) is 22.5. The highest BCUT2D eigenvalue weighted by atomic mass is 35.5. The summed E-state index contributed by atoms with van der Waals surface area (Å²) < 4.78 is 4.75. The Morgan fingerprint density at radius 1 is 1.53 bits per heavy atom. The molecule has 0 aliphatic heterocycles. The van der Waals surface area contributed by atoms with Crippen LogP contribution in [-0.4, -0.2) is 17.4 Å². The van der Waals surface area contributed by atoms with Crippen molar-refractivity contribution in [3.05, 3.63) is 23.1 Å². The van der Waals surface area contributed by atoms with Gasteiger partial charge in [-0.1, -0.05) is 0 Å². The first-order valence-corrected chi connectivity index (χ1v) is 4.58. The summed E-state index contributed by atoms with van der Waals surface area (Å²) >= 11 is 5.60. The van der Waals surface area contributed by atoms with Crippen molar-refractivity contribution in [2.24, 2.45) is 5.73 Å². The molecule has 0 fully saturated rings. The molecule has 0 saturated carbocycles. The van der Waals surface area contributed by atoms with Crippen LogP contribution >= 0.6 is 11.6 Å². The Hall–Kier alpha value is -1.49. The molecule has 0 spiro atoms. The second-order valence-electron chi connectivity index (χ2n) is 3.55. The first-order valence-electron chi connectivity index (χ1n) is 4.20. The lowest BCUT2D eigenvalue weighted by molar-refractivity contribution is -0.122. The molecule has 0 atom stereocenters. The molecule has 1 rings (SSSR count). The number of carbonyl (C=O) groups excluding carboxylic acids is 2. The molecule has 82 valence electrons. The Kier molecular flexibility index (Phi) is 3.04. The second kappa shape index (κ2) is 3.94. The van der Waals surface area contributed by atoms with Crippen LogP contribution in [-0.2, 0) is 4.79 Å². The number of amides is 2. The molecule has 0 saturated heterocycles. The highest BCUT2D eigenvalue weighted by molar-refractivity contribution is 6.32. The lowest BCUT2D eigenvalue weighted by atomic mass is 10.0. The Morgan fingerprint density at radius 3 is 2.53 bits per heavy atom. The number of hydrogen-bond acceptors (Lipinski definition) is 3. The maximum absolute atomic E-state index is 11.6. The number of nitrogens with one attached hydrogen (secondary N) is 1. The Balaban J connectivity index is 2.81. The van der Waals surface area contributed by atoms with Crippen LogP contribution in [0.4, 0.5) is 0 Å². The number of primary amides is 1. The zero-order valence-corrected chi connectivity index (χ0v) is 9.09. The summed E-state index contributed by atoms with van der Waals surface area (Å²) in [6, 6.07) is 1.41. The van der Waals surface area contributed by atoms with Crippen molar-refractivity contribution in [1.82, 2.24) is 5.32 Å². The van der Waals surface area contributed by atoms with E-state index in [2.05, 4.69) is 5.32 Å². The van der Waals surface area contributed by atoms with Crippen molar-refractivity contribution in [3.8, 4) is 0 Å². The number of halogens is 1. The fourth-order valence-electron chi connectivity index (χ4n) is 0.869. The second-order valence-corrected chi connectivity index (χ2v) is 3.89. The predicted molar refractivity (Wildman–Crippen MR) is 54.5 cm³/mol. The van der Waals surface area contributed by atoms with E-state index >= 15 is 0 Å². The van der Waals surface area contributed by atoms with Gasteiger partial charge in [0, 0.05) is 0 Å². The van der Waals surface area contributed by atoms with Gasteiger partial charge in [-0.05, 0) is 31.5 Å². The average molecular weight is 231 g/mol. The SMILES string of the molecule is CC(C)(NC(=O)c1ccoc1Cl)C(N)=O. The zero-order valence-electron chi connectivity index (χ0n) is 8.33. The quantitative estimate of drug-likeness (QED) is 0.810. The molecule has 1 heterocycles. The molecule has 0 unspecified atom stereocenters. The summed E-state index contributed by atoms with van der Waals surface area (Å²) in [5.74, 6) is -1.13. The number of furan rings is 1. The topological polar surface area (TPSA) is 85.3 Å². The molecule has 0 radical (unpaired) electrons. The highest BCUT2D eigenvalue weighted by Crippen LogP contribution is 2.17. The maximum atomic E-state index is 11.6. The van der Waals surface area contributed by atoms with Gasteiger partial charge in [0.25, 0.3) is 5.91 Å². The standard InChI is InChI=1S/C9H11ClN2O3/c1-9(2,8(11)14)12-7(13)5-3-4-15-6(5)10/h3-4H,1-2H3,(H2,11,14)(H,12,13). The van der Waals surface area contributed by atoms with Crippen molar-refractivity contribution in [2.75, 3.05) is 0 Å². The van der Waals surface area contributed by atoms with Crippen molar-refractivity contribution in [1.29, 1.82) is 0 Å². The predicted octanol–water partition coefficient (Wildman–Crippen LogP) is 0.927. The third-order valence-electron chi connectivity index (χ3n) is 1.90. The summed E-state index contributed by atoms with van der Waals surface area (Å²) in [5.41, 5.74) is 4.14. The van der Waals surface area contributed by atoms with Gasteiger partial charge in [0.2, 0.25) is 11.1 Å². The maximum Gasteiger partial charge on any atom is 0.256 e. The molecule has 5 nitrogen and oxygen atoms in total. The molecule has 3 N–H and O–H groups in total. The molecule has 15 heavy (non-hydrogen) atoms. The fraction of sp³-hybridized carbons (Fsp3) is 0.333. The minimum Gasteiger partial charge on any atom is -0.452 e. The summed E-state index contributed by atoms with van der Waals surface area (Å²) in [5, 5.41) is 2.42. The van der Waals surface area contributed by atoms with E-state index in [0.29, 0.717) is 0 Å². The minimum absolute atomic E-state index is 0.0206. The largest absolute Gasteiger partial charge is 0.452 e. The van der Waals surface area contributed by atoms with Gasteiger partial charge in [0.15, 0.2) is 0 Å². The molecule has 6 heteroatoms. The molecule has 1 aromatic rings. The van der Waals surface area contributed by atoms with Crippen molar-refractivity contribution < 1.29 is 14.0 Å². The van der Waals surface area contributed by atoms with E-state index in [9.17, 15) is 9.59 Å². The first-order chi connectivity index (χ1) is 6.84. The van der Waals surface area contributed by atoms with E-state index in [1.54, 1.807) is 0 Å². The van der Waals surface area contributed by atoms with Crippen LogP contribution in [0.15, 0.2) is 16.7 Å². The Morgan fingerprint density at radius 2 is 2.13 bits per heavy atom. The zero-order chi connectivity index (χ0) is 11.6. The van der Waals surface area contributed by atoms with E-state index in [-0.39, 0.29) is 10.8 Å². The number of rotatable bonds is 3. The minimum atomic E-state index is -1.13. The molecule has 0 aliphatic carbocycles. The Labute approximate surface area is 91.6 Å². The van der Waals surface area contributed by atoms with Gasteiger partial charge in [0.1, 0.15) is 5.54 Å². The third kappa shape index (κ3) is 2.50. The van der Waals surface area contributed by atoms with Crippen LogP contribution in [0, 0.1) is 0 Å². The summed E-state index contributed by atoms with van der Waals surface area (Å²) in [6.07, 6.45) is 1.29. The normalized spacial score (nSPS) is 11.1.